The van der Waals surface area contributed by atoms with Gasteiger partial charge in [0.1, 0.15) is 12.4 Å². The van der Waals surface area contributed by atoms with E-state index in [4.69, 9.17) is 14.1 Å². The van der Waals surface area contributed by atoms with Crippen LogP contribution in [-0.4, -0.2) is 51.8 Å². The van der Waals surface area contributed by atoms with Crippen molar-refractivity contribution in [1.29, 1.82) is 0 Å². The van der Waals surface area contributed by atoms with Crippen molar-refractivity contribution >= 4 is 21.8 Å². The summed E-state index contributed by atoms with van der Waals surface area (Å²) in [6.07, 6.45) is 8.17. The summed E-state index contributed by atoms with van der Waals surface area (Å²) in [6, 6.07) is 18.9. The maximum atomic E-state index is 6.36. The number of rotatable bonds is 8. The van der Waals surface area contributed by atoms with Crippen LogP contribution in [0.25, 0.3) is 44.2 Å². The van der Waals surface area contributed by atoms with Gasteiger partial charge in [-0.1, -0.05) is 24.3 Å². The van der Waals surface area contributed by atoms with Crippen LogP contribution in [0.5, 0.6) is 5.75 Å². The summed E-state index contributed by atoms with van der Waals surface area (Å²) >= 11 is 0. The number of aryl methyl sites for hydroxylation is 1. The Labute approximate surface area is 215 Å². The third kappa shape index (κ3) is 4.49. The Morgan fingerprint density at radius 2 is 1.89 bits per heavy atom. The summed E-state index contributed by atoms with van der Waals surface area (Å²) in [5.74, 6) is 0.733. The first-order chi connectivity index (χ1) is 18.1. The number of fused-ring (bicyclic) bond motifs is 2. The second-order valence-corrected chi connectivity index (χ2v) is 9.64. The monoisotopic (exact) mass is 491 g/mol. The molecular formula is C30H29N5O2. The molecule has 186 valence electrons. The predicted molar refractivity (Wildman–Crippen MR) is 147 cm³/mol. The van der Waals surface area contributed by atoms with Crippen LogP contribution in [0.15, 0.2) is 83.9 Å². The lowest BCUT2D eigenvalue weighted by Gasteiger charge is -2.24. The van der Waals surface area contributed by atoms with Crippen molar-refractivity contribution in [2.24, 2.45) is 0 Å². The smallest absolute Gasteiger partial charge is 0.138 e. The first-order valence-corrected chi connectivity index (χ1v) is 12.4. The topological polar surface area (TPSA) is 83.0 Å². The first kappa shape index (κ1) is 23.1. The molecule has 0 aliphatic rings. The molecule has 4 heterocycles. The number of hydrogen-bond acceptors (Lipinski definition) is 5. The lowest BCUT2D eigenvalue weighted by atomic mass is 9.99. The van der Waals surface area contributed by atoms with Gasteiger partial charge in [0.05, 0.1) is 35.6 Å². The number of para-hydroxylation sites is 1. The van der Waals surface area contributed by atoms with Gasteiger partial charge in [0.15, 0.2) is 0 Å². The molecule has 0 saturated carbocycles. The molecule has 37 heavy (non-hydrogen) atoms. The number of aromatic amines is 2. The second kappa shape index (κ2) is 9.59. The molecule has 0 aliphatic heterocycles. The summed E-state index contributed by atoms with van der Waals surface area (Å²) in [7, 11) is 4.19. The predicted octanol–water partition coefficient (Wildman–Crippen LogP) is 6.23. The third-order valence-corrected chi connectivity index (χ3v) is 7.02. The van der Waals surface area contributed by atoms with E-state index in [0.717, 1.165) is 56.7 Å². The van der Waals surface area contributed by atoms with Crippen LogP contribution >= 0.6 is 0 Å². The van der Waals surface area contributed by atoms with E-state index < -0.39 is 0 Å². The van der Waals surface area contributed by atoms with E-state index in [1.54, 1.807) is 18.7 Å². The Morgan fingerprint density at radius 3 is 2.73 bits per heavy atom. The van der Waals surface area contributed by atoms with Crippen molar-refractivity contribution in [2.45, 2.75) is 19.4 Å². The SMILES string of the molecule is Cc1n[nH]c2ccc(-c3cc(OC[C@H](Cc4c[nH]c5ccccc45)N(C)C)cnc3-c3ccoc3)cc12. The maximum absolute atomic E-state index is 6.36. The van der Waals surface area contributed by atoms with Gasteiger partial charge < -0.3 is 19.0 Å². The number of nitrogens with one attached hydrogen (secondary N) is 2. The fourth-order valence-corrected chi connectivity index (χ4v) is 4.82. The normalized spacial score (nSPS) is 12.5. The van der Waals surface area contributed by atoms with Crippen molar-refractivity contribution in [3.8, 4) is 28.1 Å². The molecule has 0 aliphatic carbocycles. The minimum absolute atomic E-state index is 0.195. The van der Waals surface area contributed by atoms with Crippen LogP contribution in [0.3, 0.4) is 0 Å². The number of H-pyrrole nitrogens is 2. The fourth-order valence-electron chi connectivity index (χ4n) is 4.82. The molecule has 0 amide bonds. The van der Waals surface area contributed by atoms with E-state index >= 15 is 0 Å². The van der Waals surface area contributed by atoms with Crippen LogP contribution in [0.1, 0.15) is 11.3 Å². The average molecular weight is 492 g/mol. The van der Waals surface area contributed by atoms with Crippen LogP contribution in [0, 0.1) is 6.92 Å². The van der Waals surface area contributed by atoms with Crippen LogP contribution in [0.2, 0.25) is 0 Å². The molecule has 4 aromatic heterocycles. The summed E-state index contributed by atoms with van der Waals surface area (Å²) < 4.78 is 11.7. The standard InChI is InChI=1S/C30H29N5O2/c1-19-26-13-20(8-9-29(26)34-33-19)27-14-24(16-32-30(27)21-10-11-36-17-21)37-18-23(35(2)3)12-22-15-31-28-7-5-4-6-25(22)28/h4-11,13-17,23,31H,12,18H2,1-3H3,(H,33,34)/t23-/m0/s1. The highest BCUT2D eigenvalue weighted by Gasteiger charge is 2.18. The molecule has 0 saturated heterocycles. The highest BCUT2D eigenvalue weighted by atomic mass is 16.5. The van der Waals surface area contributed by atoms with Crippen LogP contribution in [0.4, 0.5) is 0 Å². The zero-order valence-electron chi connectivity index (χ0n) is 21.2. The molecular weight excluding hydrogens is 462 g/mol. The molecule has 7 nitrogen and oxygen atoms in total. The van der Waals surface area contributed by atoms with E-state index in [2.05, 4.69) is 88.9 Å². The third-order valence-electron chi connectivity index (χ3n) is 7.02. The van der Waals surface area contributed by atoms with E-state index in [1.165, 1.54) is 10.9 Å². The van der Waals surface area contributed by atoms with E-state index in [0.29, 0.717) is 6.61 Å². The van der Waals surface area contributed by atoms with Gasteiger partial charge in [-0.15, -0.1) is 0 Å². The lowest BCUT2D eigenvalue weighted by molar-refractivity contribution is 0.184. The van der Waals surface area contributed by atoms with E-state index in [-0.39, 0.29) is 6.04 Å². The molecule has 0 fully saturated rings. The fraction of sp³-hybridized carbons (Fsp3) is 0.200. The van der Waals surface area contributed by atoms with Crippen molar-refractivity contribution in [2.75, 3.05) is 20.7 Å². The molecule has 2 aromatic carbocycles. The molecule has 0 spiro atoms. The van der Waals surface area contributed by atoms with Gasteiger partial charge in [-0.05, 0) is 68.9 Å². The van der Waals surface area contributed by atoms with E-state index in [9.17, 15) is 0 Å². The number of furan rings is 1. The van der Waals surface area contributed by atoms with E-state index in [1.807, 2.05) is 13.0 Å². The number of ether oxygens (including phenoxy) is 1. The van der Waals surface area contributed by atoms with Crippen molar-refractivity contribution < 1.29 is 9.15 Å². The van der Waals surface area contributed by atoms with Gasteiger partial charge in [0.25, 0.3) is 0 Å². The van der Waals surface area contributed by atoms with Gasteiger partial charge in [0, 0.05) is 39.7 Å². The van der Waals surface area contributed by atoms with Crippen molar-refractivity contribution in [3.63, 3.8) is 0 Å². The lowest BCUT2D eigenvalue weighted by Crippen LogP contribution is -2.35. The Morgan fingerprint density at radius 1 is 1.00 bits per heavy atom. The number of pyridine rings is 1. The summed E-state index contributed by atoms with van der Waals surface area (Å²) in [5.41, 5.74) is 8.24. The zero-order valence-corrected chi connectivity index (χ0v) is 21.2. The second-order valence-electron chi connectivity index (χ2n) is 9.64. The van der Waals surface area contributed by atoms with Gasteiger partial charge in [0.2, 0.25) is 0 Å². The Balaban J connectivity index is 1.30. The van der Waals surface area contributed by atoms with Crippen LogP contribution in [-0.2, 0) is 6.42 Å². The number of nitrogens with zero attached hydrogens (tertiary/aromatic N) is 3. The minimum Gasteiger partial charge on any atom is -0.490 e. The van der Waals surface area contributed by atoms with Gasteiger partial charge in [-0.3, -0.25) is 10.1 Å². The number of aromatic nitrogens is 4. The maximum Gasteiger partial charge on any atom is 0.138 e. The highest BCUT2D eigenvalue weighted by Crippen LogP contribution is 2.35. The summed E-state index contributed by atoms with van der Waals surface area (Å²) in [6.45, 7) is 2.55. The van der Waals surface area contributed by atoms with Crippen LogP contribution < -0.4 is 4.74 Å². The summed E-state index contributed by atoms with van der Waals surface area (Å²) in [5, 5.41) is 9.78. The minimum atomic E-state index is 0.195. The molecule has 6 rings (SSSR count). The van der Waals surface area contributed by atoms with Crippen molar-refractivity contribution in [3.05, 3.63) is 90.8 Å². The Bertz CT molecular complexity index is 1660. The van der Waals surface area contributed by atoms with Crippen molar-refractivity contribution in [1.82, 2.24) is 25.1 Å². The molecule has 0 unspecified atom stereocenters. The molecule has 0 radical (unpaired) electrons. The highest BCUT2D eigenvalue weighted by molar-refractivity contribution is 5.90. The molecule has 0 bridgehead atoms. The Hall–Kier alpha value is -4.36. The quantitative estimate of drug-likeness (QED) is 0.264. The van der Waals surface area contributed by atoms with Gasteiger partial charge in [-0.2, -0.15) is 5.10 Å². The number of hydrogen-bond donors (Lipinski definition) is 2. The number of likely N-dealkylation sites (N-methyl/N-ethyl adjacent to an activating group) is 1. The first-order valence-electron chi connectivity index (χ1n) is 12.4. The molecule has 6 aromatic rings. The largest absolute Gasteiger partial charge is 0.490 e. The van der Waals surface area contributed by atoms with Gasteiger partial charge >= 0.3 is 0 Å². The average Bonchev–Trinajstić information content (AvgIpc) is 3.67. The van der Waals surface area contributed by atoms with Gasteiger partial charge in [-0.25, -0.2) is 0 Å². The number of benzene rings is 2. The zero-order chi connectivity index (χ0) is 25.4. The Kier molecular flexibility index (Phi) is 5.98. The molecule has 2 N–H and O–H groups in total. The molecule has 1 atom stereocenters. The molecule has 7 heteroatoms. The summed E-state index contributed by atoms with van der Waals surface area (Å²) in [4.78, 5) is 10.4.